The summed E-state index contributed by atoms with van der Waals surface area (Å²) in [6.07, 6.45) is 6.54. The molecule has 170 valence electrons. The Kier molecular flexibility index (Phi) is 5.87. The Bertz CT molecular complexity index is 1270. The van der Waals surface area contributed by atoms with E-state index in [9.17, 15) is 4.79 Å². The minimum atomic E-state index is 0.106. The fraction of sp³-hybridized carbons (Fsp3) is 0.370. The number of aromatic nitrogens is 4. The molecule has 1 saturated carbocycles. The Balaban J connectivity index is 1.42. The van der Waals surface area contributed by atoms with Gasteiger partial charge in [-0.2, -0.15) is 0 Å². The average molecular weight is 459 g/mol. The predicted octanol–water partition coefficient (Wildman–Crippen LogP) is 6.81. The van der Waals surface area contributed by atoms with Gasteiger partial charge in [0.1, 0.15) is 0 Å². The minimum absolute atomic E-state index is 0.106. The van der Waals surface area contributed by atoms with E-state index < -0.39 is 0 Å². The summed E-state index contributed by atoms with van der Waals surface area (Å²) in [5.41, 5.74) is 4.22. The molecule has 2 heterocycles. The number of hydrogen-bond donors (Lipinski definition) is 1. The van der Waals surface area contributed by atoms with Crippen LogP contribution in [-0.2, 0) is 5.41 Å². The van der Waals surface area contributed by atoms with Crippen LogP contribution in [0.1, 0.15) is 68.4 Å². The number of Topliss-reactive ketones (excluding diaryl/α,β-unsaturated/α-hetero) is 1. The number of carbonyl (C=O) groups is 1. The number of aromatic amines is 1. The maximum atomic E-state index is 13.0. The molecule has 1 N–H and O–H groups in total. The van der Waals surface area contributed by atoms with Crippen LogP contribution in [0.5, 0.6) is 0 Å². The number of fused-ring (bicyclic) bond motifs is 1. The molecule has 2 aromatic heterocycles. The number of nitrogens with one attached hydrogen (secondary N) is 1. The molecule has 0 atom stereocenters. The lowest BCUT2D eigenvalue weighted by molar-refractivity contribution is 0.102. The first-order chi connectivity index (χ1) is 15.9. The van der Waals surface area contributed by atoms with Crippen LogP contribution in [0.15, 0.2) is 59.9 Å². The number of H-pyrrole nitrogens is 1. The van der Waals surface area contributed by atoms with Gasteiger partial charge in [-0.3, -0.25) is 9.36 Å². The van der Waals surface area contributed by atoms with Crippen molar-refractivity contribution < 1.29 is 4.79 Å². The second kappa shape index (κ2) is 8.82. The molecule has 5 nitrogen and oxygen atoms in total. The van der Waals surface area contributed by atoms with Gasteiger partial charge in [-0.25, -0.2) is 0 Å². The average Bonchev–Trinajstić information content (AvgIpc) is 3.56. The van der Waals surface area contributed by atoms with Gasteiger partial charge in [-0.05, 0) is 29.9 Å². The van der Waals surface area contributed by atoms with E-state index in [1.807, 2.05) is 30.5 Å². The molecule has 6 heteroatoms. The lowest BCUT2D eigenvalue weighted by Gasteiger charge is -2.20. The normalized spacial score (nSPS) is 14.9. The molecule has 1 fully saturated rings. The number of para-hydroxylation sites is 1. The van der Waals surface area contributed by atoms with E-state index in [4.69, 9.17) is 0 Å². The summed E-state index contributed by atoms with van der Waals surface area (Å²) in [6.45, 7) is 6.67. The van der Waals surface area contributed by atoms with Crippen LogP contribution in [0.2, 0.25) is 0 Å². The SMILES string of the molecule is CC(C)(C)c1ccc(-c2nnc(SCC(=O)c3c[nH]c4ccccc34)n2C2CCCC2)cc1. The molecule has 0 aliphatic heterocycles. The summed E-state index contributed by atoms with van der Waals surface area (Å²) in [7, 11) is 0. The third kappa shape index (κ3) is 4.36. The van der Waals surface area contributed by atoms with E-state index in [-0.39, 0.29) is 11.2 Å². The van der Waals surface area contributed by atoms with Crippen molar-refractivity contribution in [1.82, 2.24) is 19.7 Å². The van der Waals surface area contributed by atoms with Crippen molar-refractivity contribution in [2.75, 3.05) is 5.75 Å². The van der Waals surface area contributed by atoms with Crippen molar-refractivity contribution in [2.45, 2.75) is 63.1 Å². The highest BCUT2D eigenvalue weighted by atomic mass is 32.2. The first-order valence-electron chi connectivity index (χ1n) is 11.7. The minimum Gasteiger partial charge on any atom is -0.360 e. The van der Waals surface area contributed by atoms with Crippen molar-refractivity contribution >= 4 is 28.4 Å². The van der Waals surface area contributed by atoms with Crippen LogP contribution in [-0.4, -0.2) is 31.3 Å². The molecule has 4 aromatic rings. The molecule has 1 aliphatic carbocycles. The van der Waals surface area contributed by atoms with Gasteiger partial charge in [0.25, 0.3) is 0 Å². The maximum absolute atomic E-state index is 13.0. The van der Waals surface area contributed by atoms with Crippen molar-refractivity contribution in [2.24, 2.45) is 0 Å². The second-order valence-corrected chi connectivity index (χ2v) is 10.8. The fourth-order valence-corrected chi connectivity index (χ4v) is 5.58. The Morgan fingerprint density at radius 1 is 1.06 bits per heavy atom. The van der Waals surface area contributed by atoms with Crippen LogP contribution >= 0.6 is 11.8 Å². The number of benzene rings is 2. The number of ketones is 1. The Morgan fingerprint density at radius 2 is 1.79 bits per heavy atom. The van der Waals surface area contributed by atoms with Crippen LogP contribution in [0.3, 0.4) is 0 Å². The van der Waals surface area contributed by atoms with E-state index in [2.05, 4.69) is 64.8 Å². The van der Waals surface area contributed by atoms with Gasteiger partial charge in [0.05, 0.1) is 5.75 Å². The lowest BCUT2D eigenvalue weighted by atomic mass is 9.86. The Morgan fingerprint density at radius 3 is 2.52 bits per heavy atom. The second-order valence-electron chi connectivity index (χ2n) is 9.90. The molecule has 0 amide bonds. The lowest BCUT2D eigenvalue weighted by Crippen LogP contribution is -2.11. The van der Waals surface area contributed by atoms with Gasteiger partial charge < -0.3 is 4.98 Å². The number of nitrogens with zero attached hydrogens (tertiary/aromatic N) is 3. The molecular weight excluding hydrogens is 428 g/mol. The van der Waals surface area contributed by atoms with Crippen molar-refractivity contribution in [3.63, 3.8) is 0 Å². The smallest absolute Gasteiger partial charge is 0.192 e. The third-order valence-corrected chi connectivity index (χ3v) is 7.53. The molecular formula is C27H30N4OS. The fourth-order valence-electron chi connectivity index (χ4n) is 4.69. The van der Waals surface area contributed by atoms with Gasteiger partial charge in [0.2, 0.25) is 0 Å². The molecule has 5 rings (SSSR count). The highest BCUT2D eigenvalue weighted by Gasteiger charge is 2.26. The van der Waals surface area contributed by atoms with Crippen LogP contribution < -0.4 is 0 Å². The van der Waals surface area contributed by atoms with Gasteiger partial charge in [0, 0.05) is 34.3 Å². The molecule has 33 heavy (non-hydrogen) atoms. The van der Waals surface area contributed by atoms with Crippen molar-refractivity contribution in [3.05, 3.63) is 65.9 Å². The summed E-state index contributed by atoms with van der Waals surface area (Å²) in [6, 6.07) is 17.0. The number of rotatable bonds is 6. The number of thioether (sulfide) groups is 1. The molecule has 0 unspecified atom stereocenters. The van der Waals surface area contributed by atoms with E-state index >= 15 is 0 Å². The monoisotopic (exact) mass is 458 g/mol. The van der Waals surface area contributed by atoms with Crippen molar-refractivity contribution in [3.8, 4) is 11.4 Å². The van der Waals surface area contributed by atoms with Crippen LogP contribution in [0.25, 0.3) is 22.3 Å². The first kappa shape index (κ1) is 22.0. The summed E-state index contributed by atoms with van der Waals surface area (Å²) >= 11 is 1.50. The van der Waals surface area contributed by atoms with Crippen LogP contribution in [0.4, 0.5) is 0 Å². The van der Waals surface area contributed by atoms with Gasteiger partial charge >= 0.3 is 0 Å². The molecule has 0 saturated heterocycles. The molecule has 0 spiro atoms. The predicted molar refractivity (Wildman–Crippen MR) is 135 cm³/mol. The zero-order chi connectivity index (χ0) is 23.0. The largest absolute Gasteiger partial charge is 0.360 e. The molecule has 1 aliphatic rings. The van der Waals surface area contributed by atoms with Gasteiger partial charge in [-0.1, -0.05) is 87.8 Å². The maximum Gasteiger partial charge on any atom is 0.192 e. The van der Waals surface area contributed by atoms with E-state index in [1.54, 1.807) is 0 Å². The van der Waals surface area contributed by atoms with Crippen LogP contribution in [0, 0.1) is 0 Å². The van der Waals surface area contributed by atoms with E-state index in [0.717, 1.165) is 45.9 Å². The summed E-state index contributed by atoms with van der Waals surface area (Å²) in [4.78, 5) is 16.2. The van der Waals surface area contributed by atoms with E-state index in [1.165, 1.54) is 30.2 Å². The first-order valence-corrected chi connectivity index (χ1v) is 12.7. The van der Waals surface area contributed by atoms with Gasteiger partial charge in [0.15, 0.2) is 16.8 Å². The molecule has 2 aromatic carbocycles. The quantitative estimate of drug-likeness (QED) is 0.254. The Labute approximate surface area is 199 Å². The highest BCUT2D eigenvalue weighted by molar-refractivity contribution is 7.99. The summed E-state index contributed by atoms with van der Waals surface area (Å²) in [5.74, 6) is 1.36. The number of hydrogen-bond acceptors (Lipinski definition) is 4. The zero-order valence-electron chi connectivity index (χ0n) is 19.5. The summed E-state index contributed by atoms with van der Waals surface area (Å²) < 4.78 is 2.28. The number of carbonyl (C=O) groups excluding carboxylic acids is 1. The summed E-state index contributed by atoms with van der Waals surface area (Å²) in [5, 5.41) is 10.9. The third-order valence-electron chi connectivity index (χ3n) is 6.59. The van der Waals surface area contributed by atoms with Gasteiger partial charge in [-0.15, -0.1) is 10.2 Å². The van der Waals surface area contributed by atoms with E-state index in [0.29, 0.717) is 11.8 Å². The highest BCUT2D eigenvalue weighted by Crippen LogP contribution is 2.37. The molecule has 0 radical (unpaired) electrons. The molecule has 0 bridgehead atoms. The van der Waals surface area contributed by atoms with Crippen molar-refractivity contribution in [1.29, 1.82) is 0 Å². The topological polar surface area (TPSA) is 63.6 Å². The standard InChI is InChI=1S/C27H30N4OS/c1-27(2,3)19-14-12-18(13-15-19)25-29-30-26(31(25)20-8-4-5-9-20)33-17-24(32)22-16-28-23-11-7-6-10-21(22)23/h6-7,10-16,20,28H,4-5,8-9,17H2,1-3H3. The Hall–Kier alpha value is -2.86. The zero-order valence-corrected chi connectivity index (χ0v) is 20.3.